The number of hydrogen-bond donors (Lipinski definition) is 0. The normalized spacial score (nSPS) is 11.0. The molecule has 0 heteroatoms. The van der Waals surface area contributed by atoms with Gasteiger partial charge in [0.15, 0.2) is 0 Å². The molecule has 0 amide bonds. The average Bonchev–Trinajstić information content (AvgIpc) is 2.77. The van der Waals surface area contributed by atoms with Gasteiger partial charge in [0.25, 0.3) is 0 Å². The standard InChI is InChI=1S/C28H20/c1-20(21-11-4-2-5-12-21)25-18-10-16-24-19-23-15-8-9-17-26(23)27(28(24)25)22-13-6-3-7-14-22/h2-19H,1H2. The van der Waals surface area contributed by atoms with Crippen molar-refractivity contribution in [1.29, 1.82) is 0 Å². The third-order valence-electron chi connectivity index (χ3n) is 5.40. The molecule has 28 heavy (non-hydrogen) atoms. The molecule has 0 spiro atoms. The van der Waals surface area contributed by atoms with Crippen LogP contribution in [0.15, 0.2) is 116 Å². The van der Waals surface area contributed by atoms with E-state index in [1.54, 1.807) is 0 Å². The second-order valence-electron chi connectivity index (χ2n) is 7.09. The first-order chi connectivity index (χ1) is 13.8. The number of fused-ring (bicyclic) bond motifs is 2. The Kier molecular flexibility index (Phi) is 4.03. The van der Waals surface area contributed by atoms with Gasteiger partial charge in [-0.15, -0.1) is 0 Å². The van der Waals surface area contributed by atoms with Crippen LogP contribution in [-0.4, -0.2) is 0 Å². The molecule has 132 valence electrons. The van der Waals surface area contributed by atoms with Crippen LogP contribution >= 0.6 is 0 Å². The zero-order valence-corrected chi connectivity index (χ0v) is 15.6. The maximum absolute atomic E-state index is 4.46. The zero-order valence-electron chi connectivity index (χ0n) is 15.6. The first-order valence-electron chi connectivity index (χ1n) is 9.57. The lowest BCUT2D eigenvalue weighted by Gasteiger charge is -2.17. The van der Waals surface area contributed by atoms with E-state index in [1.165, 1.54) is 38.2 Å². The molecule has 0 saturated carbocycles. The second-order valence-corrected chi connectivity index (χ2v) is 7.09. The molecular formula is C28H20. The highest BCUT2D eigenvalue weighted by Gasteiger charge is 2.15. The quantitative estimate of drug-likeness (QED) is 0.290. The van der Waals surface area contributed by atoms with Crippen LogP contribution in [0.4, 0.5) is 0 Å². The lowest BCUT2D eigenvalue weighted by atomic mass is 9.86. The predicted octanol–water partition coefficient (Wildman–Crippen LogP) is 7.72. The van der Waals surface area contributed by atoms with Gasteiger partial charge >= 0.3 is 0 Å². The molecule has 0 unspecified atom stereocenters. The van der Waals surface area contributed by atoms with Gasteiger partial charge in [0.1, 0.15) is 0 Å². The summed E-state index contributed by atoms with van der Waals surface area (Å²) in [5.41, 5.74) is 5.91. The minimum absolute atomic E-state index is 1.05. The van der Waals surface area contributed by atoms with Crippen molar-refractivity contribution in [2.24, 2.45) is 0 Å². The van der Waals surface area contributed by atoms with Crippen molar-refractivity contribution in [2.45, 2.75) is 0 Å². The van der Waals surface area contributed by atoms with Crippen molar-refractivity contribution in [1.82, 2.24) is 0 Å². The van der Waals surface area contributed by atoms with Crippen molar-refractivity contribution in [3.05, 3.63) is 127 Å². The Labute approximate surface area is 165 Å². The summed E-state index contributed by atoms with van der Waals surface area (Å²) in [5.74, 6) is 0. The van der Waals surface area contributed by atoms with Gasteiger partial charge in [0, 0.05) is 0 Å². The summed E-state index contributed by atoms with van der Waals surface area (Å²) in [6, 6.07) is 38.6. The van der Waals surface area contributed by atoms with Gasteiger partial charge in [-0.2, -0.15) is 0 Å². The largest absolute Gasteiger partial charge is 0.0905 e. The Morgan fingerprint density at radius 3 is 2.00 bits per heavy atom. The van der Waals surface area contributed by atoms with Crippen LogP contribution in [0, 0.1) is 0 Å². The number of hydrogen-bond acceptors (Lipinski definition) is 0. The van der Waals surface area contributed by atoms with Gasteiger partial charge in [-0.25, -0.2) is 0 Å². The van der Waals surface area contributed by atoms with Crippen LogP contribution in [0.3, 0.4) is 0 Å². The molecule has 0 aliphatic rings. The van der Waals surface area contributed by atoms with Crippen LogP contribution in [0.5, 0.6) is 0 Å². The van der Waals surface area contributed by atoms with Gasteiger partial charge in [-0.3, -0.25) is 0 Å². The van der Waals surface area contributed by atoms with Crippen molar-refractivity contribution in [3.63, 3.8) is 0 Å². The van der Waals surface area contributed by atoms with Gasteiger partial charge in [0.2, 0.25) is 0 Å². The van der Waals surface area contributed by atoms with E-state index < -0.39 is 0 Å². The molecule has 5 rings (SSSR count). The van der Waals surface area contributed by atoms with Crippen LogP contribution in [0.2, 0.25) is 0 Å². The van der Waals surface area contributed by atoms with E-state index in [4.69, 9.17) is 0 Å². The molecule has 0 nitrogen and oxygen atoms in total. The summed E-state index contributed by atoms with van der Waals surface area (Å²) >= 11 is 0. The van der Waals surface area contributed by atoms with E-state index in [2.05, 4.69) is 110 Å². The van der Waals surface area contributed by atoms with Crippen molar-refractivity contribution >= 4 is 27.1 Å². The predicted molar refractivity (Wildman–Crippen MR) is 121 cm³/mol. The fourth-order valence-electron chi connectivity index (χ4n) is 4.07. The Hall–Kier alpha value is -3.64. The molecule has 0 fully saturated rings. The van der Waals surface area contributed by atoms with E-state index in [9.17, 15) is 0 Å². The second kappa shape index (κ2) is 6.83. The van der Waals surface area contributed by atoms with Gasteiger partial charge < -0.3 is 0 Å². The lowest BCUT2D eigenvalue weighted by molar-refractivity contribution is 1.58. The van der Waals surface area contributed by atoms with Crippen molar-refractivity contribution in [3.8, 4) is 11.1 Å². The fraction of sp³-hybridized carbons (Fsp3) is 0. The summed E-state index contributed by atoms with van der Waals surface area (Å²) in [6.45, 7) is 4.46. The highest BCUT2D eigenvalue weighted by molar-refractivity contribution is 6.16. The molecule has 0 radical (unpaired) electrons. The Balaban J connectivity index is 1.92. The summed E-state index contributed by atoms with van der Waals surface area (Å²) in [6.07, 6.45) is 0. The van der Waals surface area contributed by atoms with Crippen LogP contribution in [-0.2, 0) is 0 Å². The van der Waals surface area contributed by atoms with E-state index in [0.29, 0.717) is 0 Å². The molecule has 0 aromatic heterocycles. The van der Waals surface area contributed by atoms with Crippen molar-refractivity contribution in [2.75, 3.05) is 0 Å². The molecular weight excluding hydrogens is 336 g/mol. The molecule has 0 bridgehead atoms. The summed E-state index contributed by atoms with van der Waals surface area (Å²) in [4.78, 5) is 0. The summed E-state index contributed by atoms with van der Waals surface area (Å²) in [5, 5.41) is 5.04. The number of benzene rings is 5. The minimum Gasteiger partial charge on any atom is -0.0905 e. The van der Waals surface area contributed by atoms with Crippen LogP contribution in [0.25, 0.3) is 38.2 Å². The van der Waals surface area contributed by atoms with Crippen molar-refractivity contribution < 1.29 is 0 Å². The zero-order chi connectivity index (χ0) is 18.9. The summed E-state index contributed by atoms with van der Waals surface area (Å²) in [7, 11) is 0. The Morgan fingerprint density at radius 1 is 0.571 bits per heavy atom. The molecule has 0 N–H and O–H groups in total. The third-order valence-corrected chi connectivity index (χ3v) is 5.40. The highest BCUT2D eigenvalue weighted by atomic mass is 14.2. The molecule has 0 heterocycles. The van der Waals surface area contributed by atoms with Crippen LogP contribution in [0.1, 0.15) is 11.1 Å². The maximum Gasteiger partial charge on any atom is -0.00204 e. The molecule has 0 atom stereocenters. The first-order valence-corrected chi connectivity index (χ1v) is 9.57. The highest BCUT2D eigenvalue weighted by Crippen LogP contribution is 2.40. The van der Waals surface area contributed by atoms with E-state index in [0.717, 1.165) is 11.1 Å². The molecule has 0 aliphatic carbocycles. The lowest BCUT2D eigenvalue weighted by Crippen LogP contribution is -1.92. The topological polar surface area (TPSA) is 0 Å². The SMILES string of the molecule is C=C(c1ccccc1)c1cccc2cc3ccccc3c(-c3ccccc3)c12. The average molecular weight is 356 g/mol. The Bertz CT molecular complexity index is 1300. The Morgan fingerprint density at radius 2 is 1.21 bits per heavy atom. The van der Waals surface area contributed by atoms with E-state index in [-0.39, 0.29) is 0 Å². The third kappa shape index (κ3) is 2.71. The smallest absolute Gasteiger partial charge is 0.00204 e. The fourth-order valence-corrected chi connectivity index (χ4v) is 4.07. The monoisotopic (exact) mass is 356 g/mol. The van der Waals surface area contributed by atoms with Gasteiger partial charge in [-0.1, -0.05) is 110 Å². The van der Waals surface area contributed by atoms with E-state index >= 15 is 0 Å². The van der Waals surface area contributed by atoms with Gasteiger partial charge in [0.05, 0.1) is 0 Å². The summed E-state index contributed by atoms with van der Waals surface area (Å²) < 4.78 is 0. The minimum atomic E-state index is 1.05. The molecule has 0 saturated heterocycles. The van der Waals surface area contributed by atoms with E-state index in [1.807, 2.05) is 6.07 Å². The molecule has 5 aromatic carbocycles. The molecule has 5 aromatic rings. The molecule has 0 aliphatic heterocycles. The maximum atomic E-state index is 4.46. The van der Waals surface area contributed by atoms with Gasteiger partial charge in [-0.05, 0) is 55.4 Å². The van der Waals surface area contributed by atoms with Crippen LogP contribution < -0.4 is 0 Å². The number of rotatable bonds is 3. The first kappa shape index (κ1) is 16.5.